The van der Waals surface area contributed by atoms with Gasteiger partial charge in [-0.3, -0.25) is 4.79 Å². The highest BCUT2D eigenvalue weighted by Crippen LogP contribution is 2.16. The van der Waals surface area contributed by atoms with Crippen molar-refractivity contribution in [2.45, 2.75) is 39.3 Å². The number of rotatable bonds is 8. The van der Waals surface area contributed by atoms with Crippen LogP contribution in [0.5, 0.6) is 0 Å². The number of amides is 1. The monoisotopic (exact) mass is 381 g/mol. The molecule has 1 fully saturated rings. The average Bonchev–Trinajstić information content (AvgIpc) is 2.75. The molecule has 1 saturated heterocycles. The van der Waals surface area contributed by atoms with Crippen molar-refractivity contribution < 1.29 is 14.8 Å². The van der Waals surface area contributed by atoms with Crippen molar-refractivity contribution >= 4 is 5.91 Å². The maximum atomic E-state index is 13.0. The molecule has 3 rings (SSSR count). The molecule has 2 aromatic rings. The number of quaternary nitrogens is 1. The number of nitrogens with one attached hydrogen (secondary N) is 1. The molecule has 0 unspecified atom stereocenters. The van der Waals surface area contributed by atoms with Crippen LogP contribution in [0.25, 0.3) is 0 Å². The topological polar surface area (TPSA) is 45.0 Å². The van der Waals surface area contributed by atoms with E-state index in [0.29, 0.717) is 13.1 Å². The van der Waals surface area contributed by atoms with Crippen molar-refractivity contribution in [1.82, 2.24) is 4.90 Å². The summed E-state index contributed by atoms with van der Waals surface area (Å²) in [6.07, 6.45) is 2.93. The Balaban J connectivity index is 1.52. The molecule has 0 aliphatic carbocycles. The SMILES string of the molecule is CCc1ccc(C[NH+]2CCC(C(=O)N(CCO)Cc3ccccc3)CC2)cc1. The standard InChI is InChI=1S/C24H32N2O2/c1-2-20-8-10-22(11-9-20)18-25-14-12-23(13-15-25)24(28)26(16-17-27)19-21-6-4-3-5-7-21/h3-11,23,27H,2,12-19H2,1H3/p+1. The lowest BCUT2D eigenvalue weighted by Gasteiger charge is -2.32. The van der Waals surface area contributed by atoms with Crippen LogP contribution in [0.2, 0.25) is 0 Å². The van der Waals surface area contributed by atoms with Gasteiger partial charge in [0.05, 0.1) is 19.7 Å². The highest BCUT2D eigenvalue weighted by molar-refractivity contribution is 5.79. The van der Waals surface area contributed by atoms with Crippen molar-refractivity contribution in [2.24, 2.45) is 5.92 Å². The van der Waals surface area contributed by atoms with E-state index >= 15 is 0 Å². The predicted octanol–water partition coefficient (Wildman–Crippen LogP) is 2.07. The number of hydrogen-bond acceptors (Lipinski definition) is 2. The normalized spacial score (nSPS) is 19.4. The minimum Gasteiger partial charge on any atom is -0.395 e. The van der Waals surface area contributed by atoms with Gasteiger partial charge in [0.1, 0.15) is 6.54 Å². The smallest absolute Gasteiger partial charge is 0.226 e. The molecule has 1 heterocycles. The van der Waals surface area contributed by atoms with Crippen LogP contribution in [0.1, 0.15) is 36.5 Å². The van der Waals surface area contributed by atoms with Crippen LogP contribution in [0, 0.1) is 5.92 Å². The highest BCUT2D eigenvalue weighted by atomic mass is 16.3. The summed E-state index contributed by atoms with van der Waals surface area (Å²) in [6, 6.07) is 19.0. The molecule has 0 spiro atoms. The molecule has 28 heavy (non-hydrogen) atoms. The van der Waals surface area contributed by atoms with Gasteiger partial charge in [-0.05, 0) is 17.5 Å². The van der Waals surface area contributed by atoms with E-state index in [2.05, 4.69) is 31.2 Å². The maximum Gasteiger partial charge on any atom is 0.226 e. The van der Waals surface area contributed by atoms with Gasteiger partial charge in [-0.25, -0.2) is 0 Å². The largest absolute Gasteiger partial charge is 0.395 e. The Hall–Kier alpha value is -2.17. The quantitative estimate of drug-likeness (QED) is 0.735. The Morgan fingerprint density at radius 3 is 2.25 bits per heavy atom. The van der Waals surface area contributed by atoms with Gasteiger partial charge in [0.2, 0.25) is 5.91 Å². The van der Waals surface area contributed by atoms with Crippen molar-refractivity contribution in [3.05, 3.63) is 71.3 Å². The first-order valence-corrected chi connectivity index (χ1v) is 10.5. The lowest BCUT2D eigenvalue weighted by Crippen LogP contribution is -3.11. The molecular formula is C24H33N2O2+. The number of aliphatic hydroxyl groups excluding tert-OH is 1. The zero-order chi connectivity index (χ0) is 19.8. The van der Waals surface area contributed by atoms with E-state index in [0.717, 1.165) is 44.5 Å². The van der Waals surface area contributed by atoms with E-state index in [1.165, 1.54) is 11.1 Å². The molecule has 150 valence electrons. The van der Waals surface area contributed by atoms with E-state index < -0.39 is 0 Å². The van der Waals surface area contributed by atoms with E-state index in [-0.39, 0.29) is 18.4 Å². The van der Waals surface area contributed by atoms with Crippen LogP contribution in [0.3, 0.4) is 0 Å². The summed E-state index contributed by atoms with van der Waals surface area (Å²) in [6.45, 7) is 6.28. The molecule has 4 nitrogen and oxygen atoms in total. The summed E-state index contributed by atoms with van der Waals surface area (Å²) in [7, 11) is 0. The molecule has 0 saturated carbocycles. The molecule has 0 bridgehead atoms. The third-order valence-electron chi connectivity index (χ3n) is 5.83. The zero-order valence-electron chi connectivity index (χ0n) is 16.9. The third-order valence-corrected chi connectivity index (χ3v) is 5.83. The Morgan fingerprint density at radius 2 is 1.64 bits per heavy atom. The lowest BCUT2D eigenvalue weighted by molar-refractivity contribution is -0.919. The van der Waals surface area contributed by atoms with Gasteiger partial charge in [0, 0.05) is 37.4 Å². The summed E-state index contributed by atoms with van der Waals surface area (Å²) in [5.74, 6) is 0.283. The first kappa shape index (κ1) is 20.6. The highest BCUT2D eigenvalue weighted by Gasteiger charge is 2.30. The molecule has 0 atom stereocenters. The fraction of sp³-hybridized carbons (Fsp3) is 0.458. The van der Waals surface area contributed by atoms with Crippen molar-refractivity contribution in [1.29, 1.82) is 0 Å². The number of carbonyl (C=O) groups excluding carboxylic acids is 1. The molecule has 2 N–H and O–H groups in total. The molecule has 1 aliphatic rings. The summed E-state index contributed by atoms with van der Waals surface area (Å²) < 4.78 is 0. The number of piperidine rings is 1. The molecule has 2 aromatic carbocycles. The van der Waals surface area contributed by atoms with Crippen LogP contribution in [0.4, 0.5) is 0 Å². The number of carbonyl (C=O) groups is 1. The number of likely N-dealkylation sites (tertiary alicyclic amines) is 1. The second kappa shape index (κ2) is 10.4. The van der Waals surface area contributed by atoms with Crippen LogP contribution >= 0.6 is 0 Å². The van der Waals surface area contributed by atoms with Gasteiger partial charge in [-0.15, -0.1) is 0 Å². The summed E-state index contributed by atoms with van der Waals surface area (Å²) >= 11 is 0. The summed E-state index contributed by atoms with van der Waals surface area (Å²) in [4.78, 5) is 16.4. The minimum absolute atomic E-state index is 0.0103. The van der Waals surface area contributed by atoms with Crippen LogP contribution in [-0.4, -0.2) is 42.2 Å². The molecule has 0 aromatic heterocycles. The maximum absolute atomic E-state index is 13.0. The third kappa shape index (κ3) is 5.66. The Morgan fingerprint density at radius 1 is 1.00 bits per heavy atom. The van der Waals surface area contributed by atoms with Crippen molar-refractivity contribution in [3.8, 4) is 0 Å². The average molecular weight is 382 g/mol. The molecule has 1 aliphatic heterocycles. The molecule has 0 radical (unpaired) electrons. The van der Waals surface area contributed by atoms with E-state index in [4.69, 9.17) is 0 Å². The van der Waals surface area contributed by atoms with Crippen molar-refractivity contribution in [2.75, 3.05) is 26.2 Å². The predicted molar refractivity (Wildman–Crippen MR) is 112 cm³/mol. The molecular weight excluding hydrogens is 348 g/mol. The van der Waals surface area contributed by atoms with E-state index in [1.807, 2.05) is 35.2 Å². The number of aryl methyl sites for hydroxylation is 1. The minimum atomic E-state index is 0.0103. The molecule has 4 heteroatoms. The second-order valence-corrected chi connectivity index (χ2v) is 7.84. The number of aliphatic hydroxyl groups is 1. The fourth-order valence-corrected chi connectivity index (χ4v) is 4.08. The summed E-state index contributed by atoms with van der Waals surface area (Å²) in [5.41, 5.74) is 3.87. The zero-order valence-corrected chi connectivity index (χ0v) is 16.9. The van der Waals surface area contributed by atoms with Gasteiger partial charge in [-0.1, -0.05) is 61.5 Å². The Bertz CT molecular complexity index is 722. The Kier molecular flexibility index (Phi) is 7.63. The first-order chi connectivity index (χ1) is 13.7. The molecule has 1 amide bonds. The van der Waals surface area contributed by atoms with Crippen LogP contribution < -0.4 is 4.90 Å². The number of nitrogens with zero attached hydrogens (tertiary/aromatic N) is 1. The van der Waals surface area contributed by atoms with Gasteiger partial charge >= 0.3 is 0 Å². The van der Waals surface area contributed by atoms with Gasteiger partial charge in [0.15, 0.2) is 0 Å². The van der Waals surface area contributed by atoms with Gasteiger partial charge < -0.3 is 14.9 Å². The van der Waals surface area contributed by atoms with Gasteiger partial charge in [-0.2, -0.15) is 0 Å². The van der Waals surface area contributed by atoms with Crippen molar-refractivity contribution in [3.63, 3.8) is 0 Å². The number of hydrogen-bond donors (Lipinski definition) is 2. The number of benzene rings is 2. The van der Waals surface area contributed by atoms with Crippen LogP contribution in [0.15, 0.2) is 54.6 Å². The fourth-order valence-electron chi connectivity index (χ4n) is 4.08. The van der Waals surface area contributed by atoms with Gasteiger partial charge in [0.25, 0.3) is 0 Å². The van der Waals surface area contributed by atoms with E-state index in [1.54, 1.807) is 4.90 Å². The first-order valence-electron chi connectivity index (χ1n) is 10.5. The summed E-state index contributed by atoms with van der Waals surface area (Å²) in [5, 5.41) is 9.41. The van der Waals surface area contributed by atoms with E-state index in [9.17, 15) is 9.90 Å². The second-order valence-electron chi connectivity index (χ2n) is 7.84. The lowest BCUT2D eigenvalue weighted by atomic mass is 9.94. The Labute approximate surface area is 168 Å². The van der Waals surface area contributed by atoms with Crippen LogP contribution in [-0.2, 0) is 24.3 Å².